The Kier molecular flexibility index (Phi) is 2.15. The minimum atomic E-state index is -0.984. The first-order chi connectivity index (χ1) is 3.18. The first kappa shape index (κ1) is 6.23. The molecule has 0 spiro atoms. The van der Waals surface area contributed by atoms with Crippen LogP contribution in [0.25, 0.3) is 0 Å². The normalized spacial score (nSPS) is 8.29. The zero-order valence-electron chi connectivity index (χ0n) is 4.30. The fraction of sp³-hybridized carbons (Fsp3) is 0.667. The van der Waals surface area contributed by atoms with E-state index in [-0.39, 0.29) is 0 Å². The summed E-state index contributed by atoms with van der Waals surface area (Å²) in [7, 11) is 2.95. The van der Waals surface area contributed by atoms with Crippen molar-refractivity contribution in [1.82, 2.24) is 10.4 Å². The van der Waals surface area contributed by atoms with Gasteiger partial charge in [-0.2, -0.15) is 0 Å². The Morgan fingerprint density at radius 1 is 1.86 bits per heavy atom. The van der Waals surface area contributed by atoms with E-state index >= 15 is 0 Å². The standard InChI is InChI=1S/C3H8N2O2/c1-4-5(2)3(6)7/h4H,1-2H3,(H,6,7). The Balaban J connectivity index is 3.34. The summed E-state index contributed by atoms with van der Waals surface area (Å²) in [6.07, 6.45) is -0.984. The van der Waals surface area contributed by atoms with Crippen molar-refractivity contribution < 1.29 is 9.90 Å². The van der Waals surface area contributed by atoms with Crippen LogP contribution in [-0.4, -0.2) is 30.3 Å². The van der Waals surface area contributed by atoms with Crippen molar-refractivity contribution in [3.63, 3.8) is 0 Å². The van der Waals surface area contributed by atoms with Gasteiger partial charge in [0, 0.05) is 14.1 Å². The molecular formula is C3H8N2O2. The molecule has 4 nitrogen and oxygen atoms in total. The van der Waals surface area contributed by atoms with Gasteiger partial charge in [-0.3, -0.25) is 0 Å². The maximum Gasteiger partial charge on any atom is 0.421 e. The molecule has 0 aromatic heterocycles. The van der Waals surface area contributed by atoms with E-state index in [2.05, 4.69) is 5.43 Å². The van der Waals surface area contributed by atoms with E-state index in [1.807, 2.05) is 0 Å². The van der Waals surface area contributed by atoms with Crippen molar-refractivity contribution >= 4 is 6.09 Å². The molecule has 0 aliphatic carbocycles. The van der Waals surface area contributed by atoms with Gasteiger partial charge in [-0.15, -0.1) is 0 Å². The van der Waals surface area contributed by atoms with Crippen LogP contribution < -0.4 is 5.43 Å². The molecule has 0 unspecified atom stereocenters. The lowest BCUT2D eigenvalue weighted by atomic mass is 11.0. The molecule has 0 bridgehead atoms. The largest absolute Gasteiger partial charge is 0.464 e. The van der Waals surface area contributed by atoms with Gasteiger partial charge in [-0.05, 0) is 0 Å². The molecule has 42 valence electrons. The lowest BCUT2D eigenvalue weighted by Crippen LogP contribution is -2.35. The minimum absolute atomic E-state index is 0.958. The van der Waals surface area contributed by atoms with Crippen molar-refractivity contribution in [1.29, 1.82) is 0 Å². The highest BCUT2D eigenvalue weighted by molar-refractivity contribution is 5.63. The quantitative estimate of drug-likeness (QED) is 0.450. The Bertz CT molecular complexity index is 73.3. The highest BCUT2D eigenvalue weighted by Gasteiger charge is 1.97. The molecule has 0 aliphatic rings. The Labute approximate surface area is 41.7 Å². The van der Waals surface area contributed by atoms with Crippen LogP contribution in [0.4, 0.5) is 4.79 Å². The minimum Gasteiger partial charge on any atom is -0.464 e. The second kappa shape index (κ2) is 2.41. The number of nitrogens with zero attached hydrogens (tertiary/aromatic N) is 1. The summed E-state index contributed by atoms with van der Waals surface area (Å²) in [5, 5.41) is 9.00. The molecule has 0 heterocycles. The highest BCUT2D eigenvalue weighted by atomic mass is 16.4. The van der Waals surface area contributed by atoms with E-state index in [1.165, 1.54) is 14.1 Å². The van der Waals surface area contributed by atoms with Gasteiger partial charge in [0.05, 0.1) is 0 Å². The van der Waals surface area contributed by atoms with Gasteiger partial charge in [0.15, 0.2) is 0 Å². The summed E-state index contributed by atoms with van der Waals surface area (Å²) in [6, 6.07) is 0. The molecule has 0 atom stereocenters. The molecule has 0 aliphatic heterocycles. The van der Waals surface area contributed by atoms with E-state index in [1.54, 1.807) is 0 Å². The maximum atomic E-state index is 9.79. The highest BCUT2D eigenvalue weighted by Crippen LogP contribution is 1.70. The Morgan fingerprint density at radius 3 is 2.29 bits per heavy atom. The third-order valence-electron chi connectivity index (χ3n) is 0.622. The van der Waals surface area contributed by atoms with Gasteiger partial charge >= 0.3 is 6.09 Å². The van der Waals surface area contributed by atoms with Gasteiger partial charge in [0.2, 0.25) is 0 Å². The number of carbonyl (C=O) groups is 1. The van der Waals surface area contributed by atoms with Gasteiger partial charge in [0.25, 0.3) is 0 Å². The van der Waals surface area contributed by atoms with Crippen LogP contribution in [0.1, 0.15) is 0 Å². The number of hydrogen-bond acceptors (Lipinski definition) is 2. The molecule has 0 saturated heterocycles. The molecule has 0 aromatic carbocycles. The topological polar surface area (TPSA) is 52.6 Å². The fourth-order valence-electron chi connectivity index (χ4n) is 0.0956. The van der Waals surface area contributed by atoms with Crippen molar-refractivity contribution in [2.24, 2.45) is 0 Å². The number of carboxylic acid groups (broad SMARTS) is 1. The van der Waals surface area contributed by atoms with E-state index in [0.717, 1.165) is 5.01 Å². The number of rotatable bonds is 1. The summed E-state index contributed by atoms with van der Waals surface area (Å²) < 4.78 is 0. The van der Waals surface area contributed by atoms with Crippen LogP contribution in [0, 0.1) is 0 Å². The van der Waals surface area contributed by atoms with E-state index in [9.17, 15) is 4.79 Å². The number of hydrazine groups is 1. The third kappa shape index (κ3) is 1.99. The summed E-state index contributed by atoms with van der Waals surface area (Å²) in [6.45, 7) is 0. The van der Waals surface area contributed by atoms with Crippen molar-refractivity contribution in [2.45, 2.75) is 0 Å². The van der Waals surface area contributed by atoms with Crippen molar-refractivity contribution in [2.75, 3.05) is 14.1 Å². The first-order valence-electron chi connectivity index (χ1n) is 1.82. The monoisotopic (exact) mass is 104 g/mol. The number of nitrogens with one attached hydrogen (secondary N) is 1. The number of amides is 1. The SMILES string of the molecule is CNN(C)C(=O)O. The predicted molar refractivity (Wildman–Crippen MR) is 24.8 cm³/mol. The lowest BCUT2D eigenvalue weighted by molar-refractivity contribution is 0.140. The zero-order chi connectivity index (χ0) is 5.86. The third-order valence-corrected chi connectivity index (χ3v) is 0.622. The molecule has 4 heteroatoms. The molecule has 0 fully saturated rings. The van der Waals surface area contributed by atoms with Crippen LogP contribution in [-0.2, 0) is 0 Å². The van der Waals surface area contributed by atoms with Crippen LogP contribution >= 0.6 is 0 Å². The van der Waals surface area contributed by atoms with E-state index < -0.39 is 6.09 Å². The summed E-state index contributed by atoms with van der Waals surface area (Å²) in [4.78, 5) is 9.79. The summed E-state index contributed by atoms with van der Waals surface area (Å²) >= 11 is 0. The maximum absolute atomic E-state index is 9.79. The second-order valence-corrected chi connectivity index (χ2v) is 1.07. The molecule has 7 heavy (non-hydrogen) atoms. The summed E-state index contributed by atoms with van der Waals surface area (Å²) in [5.74, 6) is 0. The van der Waals surface area contributed by atoms with E-state index in [0.29, 0.717) is 0 Å². The molecule has 2 N–H and O–H groups in total. The van der Waals surface area contributed by atoms with Crippen LogP contribution in [0.2, 0.25) is 0 Å². The van der Waals surface area contributed by atoms with Crippen molar-refractivity contribution in [3.8, 4) is 0 Å². The molecule has 1 amide bonds. The van der Waals surface area contributed by atoms with Crippen LogP contribution in [0.3, 0.4) is 0 Å². The molecule has 0 aromatic rings. The molecular weight excluding hydrogens is 96.0 g/mol. The average Bonchev–Trinajstić information content (AvgIpc) is 1.65. The van der Waals surface area contributed by atoms with E-state index in [4.69, 9.17) is 5.11 Å². The average molecular weight is 104 g/mol. The van der Waals surface area contributed by atoms with Crippen molar-refractivity contribution in [3.05, 3.63) is 0 Å². The van der Waals surface area contributed by atoms with Gasteiger partial charge in [0.1, 0.15) is 0 Å². The van der Waals surface area contributed by atoms with Gasteiger partial charge < -0.3 is 5.11 Å². The van der Waals surface area contributed by atoms with Crippen LogP contribution in [0.15, 0.2) is 0 Å². The molecule has 0 radical (unpaired) electrons. The van der Waals surface area contributed by atoms with Gasteiger partial charge in [-0.25, -0.2) is 15.2 Å². The molecule has 0 saturated carbocycles. The second-order valence-electron chi connectivity index (χ2n) is 1.07. The lowest BCUT2D eigenvalue weighted by Gasteiger charge is -2.08. The Hall–Kier alpha value is -0.770. The van der Waals surface area contributed by atoms with Gasteiger partial charge in [-0.1, -0.05) is 0 Å². The zero-order valence-corrected chi connectivity index (χ0v) is 4.30. The first-order valence-corrected chi connectivity index (χ1v) is 1.82. The fourth-order valence-corrected chi connectivity index (χ4v) is 0.0956. The number of hydrogen-bond donors (Lipinski definition) is 2. The summed E-state index contributed by atoms with van der Waals surface area (Å²) in [5.41, 5.74) is 2.40. The van der Waals surface area contributed by atoms with Crippen LogP contribution in [0.5, 0.6) is 0 Å². The smallest absolute Gasteiger partial charge is 0.421 e. The predicted octanol–water partition coefficient (Wildman–Crippen LogP) is -0.269. The Morgan fingerprint density at radius 2 is 2.29 bits per heavy atom. The molecule has 0 rings (SSSR count).